The molecule has 0 spiro atoms. The van der Waals surface area contributed by atoms with Crippen molar-refractivity contribution in [2.45, 2.75) is 6.92 Å². The quantitative estimate of drug-likeness (QED) is 0.561. The first-order valence-corrected chi connectivity index (χ1v) is 8.16. The van der Waals surface area contributed by atoms with Crippen molar-refractivity contribution in [1.29, 1.82) is 0 Å². The summed E-state index contributed by atoms with van der Waals surface area (Å²) in [5.74, 6) is 0.467. The number of rotatable bonds is 3. The molecule has 0 aliphatic carbocycles. The number of hydrogen-bond acceptors (Lipinski definition) is 2. The Morgan fingerprint density at radius 3 is 2.35 bits per heavy atom. The van der Waals surface area contributed by atoms with Crippen LogP contribution in [0.2, 0.25) is 0 Å². The van der Waals surface area contributed by atoms with Gasteiger partial charge in [0.05, 0.1) is 12.7 Å². The Bertz CT molecular complexity index is 681. The summed E-state index contributed by atoms with van der Waals surface area (Å²) in [6.07, 6.45) is 0. The van der Waals surface area contributed by atoms with Crippen molar-refractivity contribution in [3.63, 3.8) is 0 Å². The lowest BCUT2D eigenvalue weighted by Crippen LogP contribution is -2.05. The molecule has 2 nitrogen and oxygen atoms in total. The lowest BCUT2D eigenvalue weighted by Gasteiger charge is -2.10. The second kappa shape index (κ2) is 6.41. The molecule has 0 heterocycles. The molecule has 0 atom stereocenters. The molecule has 0 saturated carbocycles. The van der Waals surface area contributed by atoms with Gasteiger partial charge in [-0.05, 0) is 42.8 Å². The molecule has 0 aliphatic rings. The lowest BCUT2D eigenvalue weighted by molar-refractivity contribution is 0.103. The third kappa shape index (κ3) is 3.15. The van der Waals surface area contributed by atoms with E-state index in [0.29, 0.717) is 16.9 Å². The Hall–Kier alpha value is -0.650. The maximum absolute atomic E-state index is 12.7. The van der Waals surface area contributed by atoms with E-state index in [4.69, 9.17) is 4.74 Å². The molecule has 20 heavy (non-hydrogen) atoms. The van der Waals surface area contributed by atoms with Crippen LogP contribution < -0.4 is 4.74 Å². The van der Waals surface area contributed by atoms with E-state index in [0.717, 1.165) is 19.0 Å². The normalized spacial score (nSPS) is 10.4. The van der Waals surface area contributed by atoms with Crippen molar-refractivity contribution in [3.8, 4) is 5.75 Å². The largest absolute Gasteiger partial charge is 0.496 e. The molecule has 2 rings (SSSR count). The van der Waals surface area contributed by atoms with Gasteiger partial charge < -0.3 is 4.74 Å². The summed E-state index contributed by atoms with van der Waals surface area (Å²) in [5.41, 5.74) is 2.20. The van der Waals surface area contributed by atoms with Gasteiger partial charge in [0.15, 0.2) is 5.78 Å². The van der Waals surface area contributed by atoms with E-state index >= 15 is 0 Å². The molecule has 0 fully saturated rings. The van der Waals surface area contributed by atoms with E-state index in [1.165, 1.54) is 0 Å². The SMILES string of the molecule is COc1cc(Br)ccc1C(=O)c1cc(Br)c(C)cc1Br. The smallest absolute Gasteiger partial charge is 0.197 e. The Balaban J connectivity index is 2.54. The van der Waals surface area contributed by atoms with Crippen molar-refractivity contribution in [2.24, 2.45) is 0 Å². The van der Waals surface area contributed by atoms with Crippen LogP contribution in [0.15, 0.2) is 43.7 Å². The fourth-order valence-corrected chi connectivity index (χ4v) is 3.14. The average Bonchev–Trinajstić information content (AvgIpc) is 2.42. The van der Waals surface area contributed by atoms with Gasteiger partial charge in [0.2, 0.25) is 0 Å². The molecule has 0 saturated heterocycles. The molecular weight excluding hydrogens is 452 g/mol. The van der Waals surface area contributed by atoms with Crippen molar-refractivity contribution < 1.29 is 9.53 Å². The van der Waals surface area contributed by atoms with Gasteiger partial charge in [0.1, 0.15) is 5.75 Å². The molecule has 0 radical (unpaired) electrons. The summed E-state index contributed by atoms with van der Waals surface area (Å²) in [6, 6.07) is 9.11. The Labute approximate surface area is 142 Å². The number of methoxy groups -OCH3 is 1. The minimum atomic E-state index is -0.0816. The third-order valence-corrected chi connectivity index (χ3v) is 4.90. The molecule has 0 aliphatic heterocycles. The van der Waals surface area contributed by atoms with E-state index in [1.807, 2.05) is 25.1 Å². The average molecular weight is 463 g/mol. The summed E-state index contributed by atoms with van der Waals surface area (Å²) >= 11 is 10.3. The number of hydrogen-bond donors (Lipinski definition) is 0. The molecule has 0 amide bonds. The van der Waals surface area contributed by atoms with Crippen molar-refractivity contribution in [2.75, 3.05) is 7.11 Å². The summed E-state index contributed by atoms with van der Waals surface area (Å²) < 4.78 is 7.83. The second-order valence-corrected chi connectivity index (χ2v) is 6.88. The molecule has 0 bridgehead atoms. The van der Waals surface area contributed by atoms with E-state index in [9.17, 15) is 4.79 Å². The zero-order valence-corrected chi connectivity index (χ0v) is 15.6. The fraction of sp³-hybridized carbons (Fsp3) is 0.133. The molecule has 2 aromatic carbocycles. The maximum atomic E-state index is 12.7. The highest BCUT2D eigenvalue weighted by atomic mass is 79.9. The van der Waals surface area contributed by atoms with Crippen LogP contribution in [0.3, 0.4) is 0 Å². The summed E-state index contributed by atoms with van der Waals surface area (Å²) in [5, 5.41) is 0. The molecule has 104 valence electrons. The monoisotopic (exact) mass is 460 g/mol. The van der Waals surface area contributed by atoms with Gasteiger partial charge in [0, 0.05) is 19.0 Å². The zero-order chi connectivity index (χ0) is 14.9. The minimum absolute atomic E-state index is 0.0816. The van der Waals surface area contributed by atoms with E-state index in [2.05, 4.69) is 47.8 Å². The number of carbonyl (C=O) groups is 1. The minimum Gasteiger partial charge on any atom is -0.496 e. The number of aryl methyl sites for hydroxylation is 1. The van der Waals surface area contributed by atoms with E-state index < -0.39 is 0 Å². The number of carbonyl (C=O) groups excluding carboxylic acids is 1. The van der Waals surface area contributed by atoms with Gasteiger partial charge in [-0.25, -0.2) is 0 Å². The van der Waals surface area contributed by atoms with Crippen LogP contribution in [0.4, 0.5) is 0 Å². The van der Waals surface area contributed by atoms with Crippen LogP contribution >= 0.6 is 47.8 Å². The highest BCUT2D eigenvalue weighted by Crippen LogP contribution is 2.31. The molecule has 0 aromatic heterocycles. The lowest BCUT2D eigenvalue weighted by atomic mass is 10.0. The standard InChI is InChI=1S/C15H11Br3O2/c1-8-5-13(18)11(7-12(8)17)15(19)10-4-3-9(16)6-14(10)20-2/h3-7H,1-2H3. The highest BCUT2D eigenvalue weighted by molar-refractivity contribution is 9.11. The van der Waals surface area contributed by atoms with Crippen LogP contribution in [0.25, 0.3) is 0 Å². The molecular formula is C15H11Br3O2. The van der Waals surface area contributed by atoms with Crippen molar-refractivity contribution in [1.82, 2.24) is 0 Å². The molecule has 0 unspecified atom stereocenters. The predicted molar refractivity (Wildman–Crippen MR) is 90.7 cm³/mol. The summed E-state index contributed by atoms with van der Waals surface area (Å²) in [4.78, 5) is 12.7. The fourth-order valence-electron chi connectivity index (χ4n) is 1.82. The first-order valence-electron chi connectivity index (χ1n) is 5.78. The maximum Gasteiger partial charge on any atom is 0.197 e. The molecule has 2 aromatic rings. The summed E-state index contributed by atoms with van der Waals surface area (Å²) in [6.45, 7) is 1.98. The number of ketones is 1. The van der Waals surface area contributed by atoms with Crippen LogP contribution in [0, 0.1) is 6.92 Å². The van der Waals surface area contributed by atoms with Gasteiger partial charge >= 0.3 is 0 Å². The van der Waals surface area contributed by atoms with Gasteiger partial charge in [0.25, 0.3) is 0 Å². The molecule has 0 N–H and O–H groups in total. The van der Waals surface area contributed by atoms with Crippen LogP contribution in [0.1, 0.15) is 21.5 Å². The first kappa shape index (κ1) is 15.7. The van der Waals surface area contributed by atoms with E-state index in [-0.39, 0.29) is 5.78 Å². The topological polar surface area (TPSA) is 26.3 Å². The predicted octanol–water partition coefficient (Wildman–Crippen LogP) is 5.52. The third-order valence-electron chi connectivity index (χ3n) is 2.90. The first-order chi connectivity index (χ1) is 9.43. The van der Waals surface area contributed by atoms with Crippen LogP contribution in [0.5, 0.6) is 5.75 Å². The van der Waals surface area contributed by atoms with Crippen molar-refractivity contribution >= 4 is 53.6 Å². The summed E-state index contributed by atoms with van der Waals surface area (Å²) in [7, 11) is 1.55. The molecule has 5 heteroatoms. The number of halogens is 3. The number of ether oxygens (including phenoxy) is 1. The highest BCUT2D eigenvalue weighted by Gasteiger charge is 2.18. The van der Waals surface area contributed by atoms with E-state index in [1.54, 1.807) is 19.2 Å². The Kier molecular flexibility index (Phi) is 5.04. The Morgan fingerprint density at radius 1 is 1.00 bits per heavy atom. The van der Waals surface area contributed by atoms with Gasteiger partial charge in [-0.15, -0.1) is 0 Å². The zero-order valence-electron chi connectivity index (χ0n) is 10.8. The van der Waals surface area contributed by atoms with Gasteiger partial charge in [-0.1, -0.05) is 47.8 Å². The number of benzene rings is 2. The second-order valence-electron chi connectivity index (χ2n) is 4.25. The van der Waals surface area contributed by atoms with Crippen molar-refractivity contribution in [3.05, 3.63) is 60.4 Å². The van der Waals surface area contributed by atoms with Gasteiger partial charge in [-0.3, -0.25) is 4.79 Å². The Morgan fingerprint density at radius 2 is 1.70 bits per heavy atom. The van der Waals surface area contributed by atoms with Gasteiger partial charge in [-0.2, -0.15) is 0 Å². The van der Waals surface area contributed by atoms with Crippen LogP contribution in [-0.2, 0) is 0 Å². The van der Waals surface area contributed by atoms with Crippen LogP contribution in [-0.4, -0.2) is 12.9 Å².